The molecule has 0 radical (unpaired) electrons. The molecule has 26 heavy (non-hydrogen) atoms. The minimum Gasteiger partial charge on any atom is -0.497 e. The van der Waals surface area contributed by atoms with Gasteiger partial charge < -0.3 is 20.1 Å². The molecule has 0 bridgehead atoms. The predicted octanol–water partition coefficient (Wildman–Crippen LogP) is 3.59. The van der Waals surface area contributed by atoms with Crippen LogP contribution in [0.1, 0.15) is 12.0 Å². The molecular weight excluding hydrogens is 448 g/mol. The van der Waals surface area contributed by atoms with Crippen molar-refractivity contribution in [3.63, 3.8) is 0 Å². The van der Waals surface area contributed by atoms with Crippen molar-refractivity contribution in [3.05, 3.63) is 59.9 Å². The molecule has 0 aromatic heterocycles. The highest BCUT2D eigenvalue weighted by Crippen LogP contribution is 2.16. The first-order valence-corrected chi connectivity index (χ1v) is 8.17. The van der Waals surface area contributed by atoms with Crippen LogP contribution in [0.2, 0.25) is 0 Å². The molecule has 0 fully saturated rings. The first-order chi connectivity index (χ1) is 12.2. The van der Waals surface area contributed by atoms with E-state index in [0.717, 1.165) is 30.0 Å². The fraction of sp³-hybridized carbons (Fsp3) is 0.316. The predicted molar refractivity (Wildman–Crippen MR) is 113 cm³/mol. The third-order valence-corrected chi connectivity index (χ3v) is 3.54. The Labute approximate surface area is 171 Å². The van der Waals surface area contributed by atoms with Gasteiger partial charge in [-0.1, -0.05) is 12.1 Å². The van der Waals surface area contributed by atoms with Crippen molar-refractivity contribution in [1.29, 1.82) is 0 Å². The molecular formula is C19H25FIN3O2. The summed E-state index contributed by atoms with van der Waals surface area (Å²) in [7, 11) is 3.35. The van der Waals surface area contributed by atoms with Crippen LogP contribution in [-0.2, 0) is 6.54 Å². The van der Waals surface area contributed by atoms with Crippen LogP contribution in [0.25, 0.3) is 0 Å². The van der Waals surface area contributed by atoms with E-state index in [9.17, 15) is 4.39 Å². The highest BCUT2D eigenvalue weighted by molar-refractivity contribution is 14.0. The highest BCUT2D eigenvalue weighted by Gasteiger charge is 1.99. The van der Waals surface area contributed by atoms with Crippen molar-refractivity contribution in [2.75, 3.05) is 27.3 Å². The molecule has 2 rings (SSSR count). The van der Waals surface area contributed by atoms with E-state index in [1.165, 1.54) is 12.1 Å². The van der Waals surface area contributed by atoms with E-state index >= 15 is 0 Å². The minimum atomic E-state index is -0.233. The van der Waals surface area contributed by atoms with E-state index in [1.807, 2.05) is 24.3 Å². The number of benzene rings is 2. The summed E-state index contributed by atoms with van der Waals surface area (Å²) in [4.78, 5) is 4.16. The molecule has 0 atom stereocenters. The number of methoxy groups -OCH3 is 1. The lowest BCUT2D eigenvalue weighted by atomic mass is 10.2. The maximum absolute atomic E-state index is 12.9. The lowest BCUT2D eigenvalue weighted by molar-refractivity contribution is 0.310. The molecule has 7 heteroatoms. The van der Waals surface area contributed by atoms with Crippen LogP contribution in [0, 0.1) is 5.82 Å². The largest absolute Gasteiger partial charge is 0.497 e. The average Bonchev–Trinajstić information content (AvgIpc) is 2.65. The second kappa shape index (κ2) is 12.3. The maximum Gasteiger partial charge on any atom is 0.191 e. The van der Waals surface area contributed by atoms with Crippen LogP contribution in [0.5, 0.6) is 11.5 Å². The first-order valence-electron chi connectivity index (χ1n) is 8.17. The second-order valence-electron chi connectivity index (χ2n) is 5.36. The number of rotatable bonds is 8. The van der Waals surface area contributed by atoms with Gasteiger partial charge in [-0.15, -0.1) is 24.0 Å². The molecule has 5 nitrogen and oxygen atoms in total. The van der Waals surface area contributed by atoms with Crippen molar-refractivity contribution in [3.8, 4) is 11.5 Å². The Morgan fingerprint density at radius 1 is 1.00 bits per heavy atom. The number of nitrogens with one attached hydrogen (secondary N) is 2. The molecule has 2 N–H and O–H groups in total. The molecule has 0 spiro atoms. The van der Waals surface area contributed by atoms with Crippen molar-refractivity contribution in [2.45, 2.75) is 13.0 Å². The van der Waals surface area contributed by atoms with Crippen LogP contribution >= 0.6 is 24.0 Å². The van der Waals surface area contributed by atoms with Gasteiger partial charge >= 0.3 is 0 Å². The summed E-state index contributed by atoms with van der Waals surface area (Å²) >= 11 is 0. The molecule has 0 aliphatic heterocycles. The van der Waals surface area contributed by atoms with E-state index in [-0.39, 0.29) is 29.8 Å². The smallest absolute Gasteiger partial charge is 0.191 e. The summed E-state index contributed by atoms with van der Waals surface area (Å²) in [5.74, 6) is 2.10. The quantitative estimate of drug-likeness (QED) is 0.267. The second-order valence-corrected chi connectivity index (χ2v) is 5.36. The van der Waals surface area contributed by atoms with E-state index in [4.69, 9.17) is 9.47 Å². The first kappa shape index (κ1) is 22.0. The summed E-state index contributed by atoms with van der Waals surface area (Å²) < 4.78 is 23.7. The van der Waals surface area contributed by atoms with Crippen LogP contribution in [0.4, 0.5) is 4.39 Å². The fourth-order valence-corrected chi connectivity index (χ4v) is 2.15. The third-order valence-electron chi connectivity index (χ3n) is 3.54. The summed E-state index contributed by atoms with van der Waals surface area (Å²) in [6.45, 7) is 1.93. The lowest BCUT2D eigenvalue weighted by Gasteiger charge is -2.12. The summed E-state index contributed by atoms with van der Waals surface area (Å²) in [5, 5.41) is 6.41. The molecule has 0 saturated carbocycles. The van der Waals surface area contributed by atoms with Gasteiger partial charge in [-0.05, 0) is 48.4 Å². The van der Waals surface area contributed by atoms with Crippen molar-refractivity contribution in [2.24, 2.45) is 4.99 Å². The van der Waals surface area contributed by atoms with E-state index in [0.29, 0.717) is 19.1 Å². The monoisotopic (exact) mass is 473 g/mol. The zero-order valence-corrected chi connectivity index (χ0v) is 17.3. The van der Waals surface area contributed by atoms with Gasteiger partial charge in [-0.2, -0.15) is 0 Å². The van der Waals surface area contributed by atoms with Gasteiger partial charge in [0, 0.05) is 20.1 Å². The number of hydrogen-bond donors (Lipinski definition) is 2. The molecule has 2 aromatic carbocycles. The van der Waals surface area contributed by atoms with Crippen LogP contribution in [0.15, 0.2) is 53.5 Å². The lowest BCUT2D eigenvalue weighted by Crippen LogP contribution is -2.37. The van der Waals surface area contributed by atoms with Gasteiger partial charge in [0.2, 0.25) is 0 Å². The molecule has 0 aliphatic carbocycles. The van der Waals surface area contributed by atoms with Crippen molar-refractivity contribution >= 4 is 29.9 Å². The maximum atomic E-state index is 12.9. The Kier molecular flexibility index (Phi) is 10.5. The number of ether oxygens (including phenoxy) is 2. The van der Waals surface area contributed by atoms with E-state index < -0.39 is 0 Å². The molecule has 0 amide bonds. The number of guanidine groups is 1. The number of halogens is 2. The van der Waals surface area contributed by atoms with Crippen molar-refractivity contribution in [1.82, 2.24) is 10.6 Å². The third kappa shape index (κ3) is 7.90. The molecule has 0 saturated heterocycles. The number of nitrogens with zero attached hydrogens (tertiary/aromatic N) is 1. The van der Waals surface area contributed by atoms with E-state index in [1.54, 1.807) is 26.3 Å². The summed E-state index contributed by atoms with van der Waals surface area (Å²) in [6, 6.07) is 13.9. The summed E-state index contributed by atoms with van der Waals surface area (Å²) in [6.07, 6.45) is 0.837. The molecule has 142 valence electrons. The zero-order chi connectivity index (χ0) is 17.9. The Morgan fingerprint density at radius 2 is 1.65 bits per heavy atom. The van der Waals surface area contributed by atoms with Gasteiger partial charge in [-0.3, -0.25) is 4.99 Å². The minimum absolute atomic E-state index is 0. The Bertz CT molecular complexity index is 663. The van der Waals surface area contributed by atoms with Gasteiger partial charge in [0.05, 0.1) is 13.7 Å². The van der Waals surface area contributed by atoms with Gasteiger partial charge in [-0.25, -0.2) is 4.39 Å². The summed E-state index contributed by atoms with van der Waals surface area (Å²) in [5.41, 5.74) is 0.993. The van der Waals surface area contributed by atoms with Gasteiger partial charge in [0.25, 0.3) is 0 Å². The zero-order valence-electron chi connectivity index (χ0n) is 15.0. The molecule has 0 unspecified atom stereocenters. The highest BCUT2D eigenvalue weighted by atomic mass is 127. The Hall–Kier alpha value is -2.03. The normalized spacial score (nSPS) is 10.7. The van der Waals surface area contributed by atoms with Crippen molar-refractivity contribution < 1.29 is 13.9 Å². The van der Waals surface area contributed by atoms with Crippen LogP contribution in [-0.4, -0.2) is 33.3 Å². The molecule has 2 aromatic rings. The standard InChI is InChI=1S/C19H24FN3O2.HI/c1-21-19(23-14-15-4-6-16(20)7-5-15)22-12-3-13-25-18-10-8-17(24-2)9-11-18;/h4-11H,3,12-14H2,1-2H3,(H2,21,22,23);1H. The average molecular weight is 473 g/mol. The van der Waals surface area contributed by atoms with Gasteiger partial charge in [0.15, 0.2) is 5.96 Å². The molecule has 0 aliphatic rings. The number of aliphatic imine (C=N–C) groups is 1. The van der Waals surface area contributed by atoms with E-state index in [2.05, 4.69) is 15.6 Å². The fourth-order valence-electron chi connectivity index (χ4n) is 2.15. The SMILES string of the molecule is CN=C(NCCCOc1ccc(OC)cc1)NCc1ccc(F)cc1.I. The van der Waals surface area contributed by atoms with Crippen LogP contribution in [0.3, 0.4) is 0 Å². The van der Waals surface area contributed by atoms with Crippen LogP contribution < -0.4 is 20.1 Å². The topological polar surface area (TPSA) is 54.9 Å². The molecule has 0 heterocycles. The Morgan fingerprint density at radius 3 is 2.27 bits per heavy atom. The Balaban J connectivity index is 0.00000338. The van der Waals surface area contributed by atoms with Gasteiger partial charge in [0.1, 0.15) is 17.3 Å². The number of hydrogen-bond acceptors (Lipinski definition) is 3.